The Balaban J connectivity index is 2.02. The number of esters is 1. The molecule has 6 nitrogen and oxygen atoms in total. The van der Waals surface area contributed by atoms with Gasteiger partial charge in [0.15, 0.2) is 5.60 Å². The molecule has 0 spiro atoms. The zero-order valence-corrected chi connectivity index (χ0v) is 11.8. The Morgan fingerprint density at radius 3 is 2.53 bits per heavy atom. The quantitative estimate of drug-likeness (QED) is 0.718. The first kappa shape index (κ1) is 14.1. The van der Waals surface area contributed by atoms with E-state index >= 15 is 0 Å². The summed E-state index contributed by atoms with van der Waals surface area (Å²) in [5, 5.41) is 10.3. The third kappa shape index (κ3) is 2.54. The predicted molar refractivity (Wildman–Crippen MR) is 66.4 cm³/mol. The second kappa shape index (κ2) is 4.37. The predicted octanol–water partition coefficient (Wildman–Crippen LogP) is 0.920. The number of nitrogens with zero attached hydrogens (tertiary/aromatic N) is 1. The zero-order chi connectivity index (χ0) is 14.4. The molecule has 0 bridgehead atoms. The van der Waals surface area contributed by atoms with E-state index in [4.69, 9.17) is 4.74 Å². The Morgan fingerprint density at radius 2 is 2.00 bits per heavy atom. The van der Waals surface area contributed by atoms with Gasteiger partial charge in [-0.15, -0.1) is 0 Å². The molecule has 1 N–H and O–H groups in total. The van der Waals surface area contributed by atoms with Crippen molar-refractivity contribution in [2.45, 2.75) is 50.9 Å². The number of piperidine rings is 1. The van der Waals surface area contributed by atoms with Crippen molar-refractivity contribution in [2.24, 2.45) is 5.92 Å². The average Bonchev–Trinajstić information content (AvgIpc) is 3.06. The standard InChI is InChI=1S/C13H21NO5/c1-12(2,3)19-11(16)14-6-5-13(17,10(15)18-4)8-7-9(8)14/h8-9,17H,5-7H2,1-4H3. The van der Waals surface area contributed by atoms with Crippen LogP contribution < -0.4 is 0 Å². The minimum Gasteiger partial charge on any atom is -0.467 e. The first-order chi connectivity index (χ1) is 8.69. The van der Waals surface area contributed by atoms with E-state index in [1.165, 1.54) is 7.11 Å². The number of fused-ring (bicyclic) bond motifs is 1. The van der Waals surface area contributed by atoms with Gasteiger partial charge in [0.25, 0.3) is 0 Å². The first-order valence-electron chi connectivity index (χ1n) is 6.49. The molecule has 0 aromatic carbocycles. The summed E-state index contributed by atoms with van der Waals surface area (Å²) in [7, 11) is 1.26. The van der Waals surface area contributed by atoms with Crippen LogP contribution in [0.1, 0.15) is 33.6 Å². The Hall–Kier alpha value is -1.30. The SMILES string of the molecule is COC(=O)C1(O)CCN(C(=O)OC(C)(C)C)C2CC21. The highest BCUT2D eigenvalue weighted by molar-refractivity contribution is 5.81. The lowest BCUT2D eigenvalue weighted by molar-refractivity contribution is -0.169. The molecule has 0 aromatic rings. The third-order valence-electron chi connectivity index (χ3n) is 3.67. The van der Waals surface area contributed by atoms with Gasteiger partial charge >= 0.3 is 12.1 Å². The minimum atomic E-state index is -1.45. The van der Waals surface area contributed by atoms with Gasteiger partial charge in [-0.05, 0) is 27.2 Å². The van der Waals surface area contributed by atoms with E-state index in [0.717, 1.165) is 0 Å². The Labute approximate surface area is 112 Å². The summed E-state index contributed by atoms with van der Waals surface area (Å²) in [5.74, 6) is -0.843. The summed E-state index contributed by atoms with van der Waals surface area (Å²) in [6.07, 6.45) is 0.428. The lowest BCUT2D eigenvalue weighted by atomic mass is 9.90. The van der Waals surface area contributed by atoms with Gasteiger partial charge in [-0.3, -0.25) is 0 Å². The van der Waals surface area contributed by atoms with Crippen molar-refractivity contribution in [3.05, 3.63) is 0 Å². The highest BCUT2D eigenvalue weighted by Crippen LogP contribution is 2.50. The van der Waals surface area contributed by atoms with Gasteiger partial charge in [-0.25, -0.2) is 9.59 Å². The van der Waals surface area contributed by atoms with E-state index in [9.17, 15) is 14.7 Å². The molecule has 108 valence electrons. The van der Waals surface area contributed by atoms with E-state index in [1.807, 2.05) is 20.8 Å². The van der Waals surface area contributed by atoms with E-state index in [-0.39, 0.29) is 24.5 Å². The lowest BCUT2D eigenvalue weighted by Gasteiger charge is -2.36. The zero-order valence-electron chi connectivity index (χ0n) is 11.8. The van der Waals surface area contributed by atoms with Crippen LogP contribution in [0.15, 0.2) is 0 Å². The molecule has 1 aliphatic carbocycles. The molecule has 3 atom stereocenters. The second-order valence-corrected chi connectivity index (χ2v) is 6.25. The molecule has 1 saturated carbocycles. The first-order valence-corrected chi connectivity index (χ1v) is 6.49. The van der Waals surface area contributed by atoms with Gasteiger partial charge in [-0.1, -0.05) is 0 Å². The Kier molecular flexibility index (Phi) is 3.24. The molecule has 19 heavy (non-hydrogen) atoms. The normalized spacial score (nSPS) is 33.4. The number of aliphatic hydroxyl groups is 1. The van der Waals surface area contributed by atoms with Crippen molar-refractivity contribution in [3.63, 3.8) is 0 Å². The van der Waals surface area contributed by atoms with Crippen LogP contribution in [0.4, 0.5) is 4.79 Å². The molecule has 0 radical (unpaired) electrons. The highest BCUT2D eigenvalue weighted by Gasteiger charge is 2.63. The maximum absolute atomic E-state index is 12.0. The van der Waals surface area contributed by atoms with Crippen LogP contribution in [0.2, 0.25) is 0 Å². The maximum atomic E-state index is 12.0. The highest BCUT2D eigenvalue weighted by atomic mass is 16.6. The number of hydrogen-bond acceptors (Lipinski definition) is 5. The van der Waals surface area contributed by atoms with Gasteiger partial charge in [0.1, 0.15) is 5.60 Å². The minimum absolute atomic E-state index is 0.118. The van der Waals surface area contributed by atoms with Crippen molar-refractivity contribution in [1.29, 1.82) is 0 Å². The van der Waals surface area contributed by atoms with Crippen LogP contribution in [-0.4, -0.2) is 53.0 Å². The fourth-order valence-corrected chi connectivity index (χ4v) is 2.66. The molecule has 1 aliphatic heterocycles. The third-order valence-corrected chi connectivity index (χ3v) is 3.67. The fourth-order valence-electron chi connectivity index (χ4n) is 2.66. The number of methoxy groups -OCH3 is 1. The van der Waals surface area contributed by atoms with Crippen LogP contribution in [0.5, 0.6) is 0 Å². The van der Waals surface area contributed by atoms with Crippen molar-refractivity contribution >= 4 is 12.1 Å². The maximum Gasteiger partial charge on any atom is 0.410 e. The number of ether oxygens (including phenoxy) is 2. The number of carbonyl (C=O) groups is 2. The average molecular weight is 271 g/mol. The molecule has 1 saturated heterocycles. The largest absolute Gasteiger partial charge is 0.467 e. The van der Waals surface area contributed by atoms with Crippen LogP contribution in [0.3, 0.4) is 0 Å². The van der Waals surface area contributed by atoms with Crippen LogP contribution in [0, 0.1) is 5.92 Å². The molecule has 1 heterocycles. The van der Waals surface area contributed by atoms with E-state index in [0.29, 0.717) is 13.0 Å². The summed E-state index contributed by atoms with van der Waals surface area (Å²) >= 11 is 0. The number of amides is 1. The monoisotopic (exact) mass is 271 g/mol. The van der Waals surface area contributed by atoms with Crippen molar-refractivity contribution in [2.75, 3.05) is 13.7 Å². The van der Waals surface area contributed by atoms with Gasteiger partial charge < -0.3 is 19.5 Å². The summed E-state index contributed by atoms with van der Waals surface area (Å²) in [6, 6.07) is -0.118. The Morgan fingerprint density at radius 1 is 1.37 bits per heavy atom. The van der Waals surface area contributed by atoms with E-state index < -0.39 is 17.2 Å². The number of hydrogen-bond donors (Lipinski definition) is 1. The summed E-state index contributed by atoms with van der Waals surface area (Å²) in [6.45, 7) is 5.74. The van der Waals surface area contributed by atoms with Crippen LogP contribution >= 0.6 is 0 Å². The molecular weight excluding hydrogens is 250 g/mol. The number of rotatable bonds is 1. The van der Waals surface area contributed by atoms with Gasteiger partial charge in [0.05, 0.1) is 7.11 Å². The molecule has 6 heteroatoms. The van der Waals surface area contributed by atoms with E-state index in [2.05, 4.69) is 4.74 Å². The van der Waals surface area contributed by atoms with Gasteiger partial charge in [0, 0.05) is 24.9 Å². The van der Waals surface area contributed by atoms with Gasteiger partial charge in [-0.2, -0.15) is 0 Å². The molecule has 2 rings (SSSR count). The van der Waals surface area contributed by atoms with Crippen LogP contribution in [-0.2, 0) is 14.3 Å². The van der Waals surface area contributed by atoms with Gasteiger partial charge in [0.2, 0.25) is 0 Å². The second-order valence-electron chi connectivity index (χ2n) is 6.25. The Bertz CT molecular complexity index is 402. The summed E-state index contributed by atoms with van der Waals surface area (Å²) in [5.41, 5.74) is -1.99. The summed E-state index contributed by atoms with van der Waals surface area (Å²) < 4.78 is 9.96. The van der Waals surface area contributed by atoms with Crippen molar-refractivity contribution in [1.82, 2.24) is 4.90 Å². The van der Waals surface area contributed by atoms with Crippen molar-refractivity contribution in [3.8, 4) is 0 Å². The number of carbonyl (C=O) groups excluding carboxylic acids is 2. The lowest BCUT2D eigenvalue weighted by Crippen LogP contribution is -2.53. The molecule has 2 aliphatic rings. The molecular formula is C13H21NO5. The van der Waals surface area contributed by atoms with E-state index in [1.54, 1.807) is 4.90 Å². The van der Waals surface area contributed by atoms with Crippen LogP contribution in [0.25, 0.3) is 0 Å². The topological polar surface area (TPSA) is 76.1 Å². The molecule has 1 amide bonds. The molecule has 0 aromatic heterocycles. The number of likely N-dealkylation sites (tertiary alicyclic amines) is 1. The van der Waals surface area contributed by atoms with Crippen molar-refractivity contribution < 1.29 is 24.2 Å². The molecule has 3 unspecified atom stereocenters. The molecule has 2 fully saturated rings. The summed E-state index contributed by atoms with van der Waals surface area (Å²) in [4.78, 5) is 25.2. The fraction of sp³-hybridized carbons (Fsp3) is 0.846. The smallest absolute Gasteiger partial charge is 0.410 e.